The molecule has 0 saturated carbocycles. The number of carbonyl (C=O) groups is 1. The lowest BCUT2D eigenvalue weighted by Crippen LogP contribution is -2.42. The Balaban J connectivity index is 1.99. The van der Waals surface area contributed by atoms with Crippen molar-refractivity contribution >= 4 is 11.6 Å². The number of likely N-dealkylation sites (tertiary alicyclic amines) is 1. The fourth-order valence-electron chi connectivity index (χ4n) is 2.99. The van der Waals surface area contributed by atoms with Gasteiger partial charge < -0.3 is 4.90 Å². The second-order valence-corrected chi connectivity index (χ2v) is 6.02. The van der Waals surface area contributed by atoms with E-state index in [-0.39, 0.29) is 17.2 Å². The summed E-state index contributed by atoms with van der Waals surface area (Å²) in [6, 6.07) is 6.31. The van der Waals surface area contributed by atoms with Crippen molar-refractivity contribution in [3.05, 3.63) is 53.2 Å². The van der Waals surface area contributed by atoms with Gasteiger partial charge >= 0.3 is 0 Å². The summed E-state index contributed by atoms with van der Waals surface area (Å²) in [7, 11) is 0. The molecule has 25 heavy (non-hydrogen) atoms. The standard InChI is InChI=1S/C18H14FN5O/c1-11-8-12(10-20)14(19)9-13(11)15-16(18(25)23-5-3-6-23)22-24-7-2-4-21-17(15)24/h2,4,7-9H,3,5-6H2,1H3. The van der Waals surface area contributed by atoms with E-state index in [4.69, 9.17) is 5.26 Å². The summed E-state index contributed by atoms with van der Waals surface area (Å²) < 4.78 is 15.8. The maximum Gasteiger partial charge on any atom is 0.275 e. The van der Waals surface area contributed by atoms with E-state index in [2.05, 4.69) is 10.1 Å². The molecule has 0 N–H and O–H groups in total. The largest absolute Gasteiger partial charge is 0.337 e. The second kappa shape index (κ2) is 5.67. The number of carbonyl (C=O) groups excluding carboxylic acids is 1. The van der Waals surface area contributed by atoms with E-state index in [0.29, 0.717) is 35.4 Å². The number of aryl methyl sites for hydroxylation is 1. The molecule has 3 heterocycles. The Morgan fingerprint density at radius 2 is 2.16 bits per heavy atom. The average Bonchev–Trinajstić information content (AvgIpc) is 2.94. The van der Waals surface area contributed by atoms with Crippen molar-refractivity contribution < 1.29 is 9.18 Å². The lowest BCUT2D eigenvalue weighted by molar-refractivity contribution is 0.0646. The summed E-state index contributed by atoms with van der Waals surface area (Å²) in [4.78, 5) is 18.8. The van der Waals surface area contributed by atoms with Gasteiger partial charge in [-0.25, -0.2) is 13.9 Å². The maximum atomic E-state index is 14.2. The number of nitrogens with zero attached hydrogens (tertiary/aromatic N) is 5. The first-order valence-corrected chi connectivity index (χ1v) is 7.93. The molecule has 0 bridgehead atoms. The Labute approximate surface area is 143 Å². The highest BCUT2D eigenvalue weighted by atomic mass is 19.1. The summed E-state index contributed by atoms with van der Waals surface area (Å²) in [5.41, 5.74) is 2.43. The first-order valence-electron chi connectivity index (χ1n) is 7.93. The molecule has 3 aromatic rings. The Morgan fingerprint density at radius 1 is 1.36 bits per heavy atom. The van der Waals surface area contributed by atoms with Crippen LogP contribution >= 0.6 is 0 Å². The number of amides is 1. The molecule has 1 aliphatic heterocycles. The highest BCUT2D eigenvalue weighted by Crippen LogP contribution is 2.33. The summed E-state index contributed by atoms with van der Waals surface area (Å²) in [5, 5.41) is 13.4. The number of fused-ring (bicyclic) bond motifs is 1. The number of benzene rings is 1. The topological polar surface area (TPSA) is 74.3 Å². The zero-order valence-electron chi connectivity index (χ0n) is 13.5. The van der Waals surface area contributed by atoms with Crippen molar-refractivity contribution in [1.82, 2.24) is 19.5 Å². The molecule has 1 aliphatic rings. The predicted octanol–water partition coefficient (Wildman–Crippen LogP) is 2.56. The van der Waals surface area contributed by atoms with Crippen molar-refractivity contribution in [1.29, 1.82) is 5.26 Å². The van der Waals surface area contributed by atoms with Gasteiger partial charge in [-0.2, -0.15) is 10.4 Å². The van der Waals surface area contributed by atoms with Crippen LogP contribution in [-0.4, -0.2) is 38.5 Å². The van der Waals surface area contributed by atoms with Crippen LogP contribution in [0.4, 0.5) is 4.39 Å². The highest BCUT2D eigenvalue weighted by molar-refractivity contribution is 6.03. The first kappa shape index (κ1) is 15.3. The predicted molar refractivity (Wildman–Crippen MR) is 88.4 cm³/mol. The van der Waals surface area contributed by atoms with E-state index in [1.165, 1.54) is 16.6 Å². The SMILES string of the molecule is Cc1cc(C#N)c(F)cc1-c1c(C(=O)N2CCC2)nn2cccnc12. The summed E-state index contributed by atoms with van der Waals surface area (Å²) in [5.74, 6) is -0.809. The number of aromatic nitrogens is 3. The molecule has 0 aliphatic carbocycles. The molecule has 0 spiro atoms. The lowest BCUT2D eigenvalue weighted by Gasteiger charge is -2.30. The van der Waals surface area contributed by atoms with Gasteiger partial charge in [0.1, 0.15) is 11.9 Å². The molecule has 0 unspecified atom stereocenters. The van der Waals surface area contributed by atoms with Crippen LogP contribution in [0.1, 0.15) is 28.0 Å². The third kappa shape index (κ3) is 2.34. The van der Waals surface area contributed by atoms with Crippen molar-refractivity contribution in [2.24, 2.45) is 0 Å². The van der Waals surface area contributed by atoms with Gasteiger partial charge in [0.25, 0.3) is 5.91 Å². The van der Waals surface area contributed by atoms with Gasteiger partial charge in [-0.15, -0.1) is 0 Å². The van der Waals surface area contributed by atoms with E-state index < -0.39 is 5.82 Å². The molecule has 1 saturated heterocycles. The van der Waals surface area contributed by atoms with E-state index >= 15 is 0 Å². The van der Waals surface area contributed by atoms with Crippen molar-refractivity contribution in [3.63, 3.8) is 0 Å². The molecule has 4 rings (SSSR count). The molecular weight excluding hydrogens is 321 g/mol. The highest BCUT2D eigenvalue weighted by Gasteiger charge is 2.29. The zero-order valence-corrected chi connectivity index (χ0v) is 13.5. The van der Waals surface area contributed by atoms with E-state index in [0.717, 1.165) is 6.42 Å². The maximum absolute atomic E-state index is 14.2. The molecule has 0 atom stereocenters. The van der Waals surface area contributed by atoms with Gasteiger partial charge in [0, 0.05) is 25.5 Å². The minimum absolute atomic E-state index is 0.0266. The van der Waals surface area contributed by atoms with Gasteiger partial charge in [0.15, 0.2) is 11.3 Å². The lowest BCUT2D eigenvalue weighted by atomic mass is 9.97. The molecule has 1 fully saturated rings. The third-order valence-electron chi connectivity index (χ3n) is 4.44. The molecular formula is C18H14FN5O. The Bertz CT molecular complexity index is 1050. The van der Waals surface area contributed by atoms with Gasteiger partial charge in [-0.3, -0.25) is 4.79 Å². The molecule has 0 radical (unpaired) electrons. The molecule has 6 nitrogen and oxygen atoms in total. The Hall–Kier alpha value is -3.27. The van der Waals surface area contributed by atoms with Gasteiger partial charge in [0.05, 0.1) is 11.1 Å². The monoisotopic (exact) mass is 335 g/mol. The summed E-state index contributed by atoms with van der Waals surface area (Å²) in [6.45, 7) is 3.17. The van der Waals surface area contributed by atoms with Crippen LogP contribution in [0.25, 0.3) is 16.8 Å². The van der Waals surface area contributed by atoms with Crippen LogP contribution in [0.2, 0.25) is 0 Å². The van der Waals surface area contributed by atoms with Crippen LogP contribution in [0.15, 0.2) is 30.6 Å². The van der Waals surface area contributed by atoms with Crippen molar-refractivity contribution in [3.8, 4) is 17.2 Å². The number of halogens is 1. The second-order valence-electron chi connectivity index (χ2n) is 6.02. The van der Waals surface area contributed by atoms with Crippen LogP contribution in [0, 0.1) is 24.1 Å². The minimum atomic E-state index is -0.624. The Kier molecular flexibility index (Phi) is 3.46. The molecule has 1 amide bonds. The zero-order chi connectivity index (χ0) is 17.6. The third-order valence-corrected chi connectivity index (χ3v) is 4.44. The molecule has 1 aromatic carbocycles. The summed E-state index contributed by atoms with van der Waals surface area (Å²) >= 11 is 0. The van der Waals surface area contributed by atoms with Gasteiger partial charge in [0.2, 0.25) is 0 Å². The van der Waals surface area contributed by atoms with E-state index in [1.807, 2.05) is 6.07 Å². The van der Waals surface area contributed by atoms with Crippen molar-refractivity contribution in [2.75, 3.05) is 13.1 Å². The molecule has 2 aromatic heterocycles. The fraction of sp³-hybridized carbons (Fsp3) is 0.222. The van der Waals surface area contributed by atoms with Crippen LogP contribution in [0.5, 0.6) is 0 Å². The fourth-order valence-corrected chi connectivity index (χ4v) is 2.99. The van der Waals surface area contributed by atoms with Crippen LogP contribution in [-0.2, 0) is 0 Å². The smallest absolute Gasteiger partial charge is 0.275 e. The number of hydrogen-bond acceptors (Lipinski definition) is 4. The van der Waals surface area contributed by atoms with Gasteiger partial charge in [-0.05, 0) is 42.7 Å². The normalized spacial score (nSPS) is 13.6. The van der Waals surface area contributed by atoms with Crippen LogP contribution in [0.3, 0.4) is 0 Å². The quantitative estimate of drug-likeness (QED) is 0.721. The Morgan fingerprint density at radius 3 is 2.84 bits per heavy atom. The minimum Gasteiger partial charge on any atom is -0.337 e. The number of nitriles is 1. The molecule has 7 heteroatoms. The van der Waals surface area contributed by atoms with Crippen molar-refractivity contribution in [2.45, 2.75) is 13.3 Å². The summed E-state index contributed by atoms with van der Waals surface area (Å²) in [6.07, 6.45) is 4.28. The number of hydrogen-bond donors (Lipinski definition) is 0. The van der Waals surface area contributed by atoms with Gasteiger partial charge in [-0.1, -0.05) is 0 Å². The van der Waals surface area contributed by atoms with E-state index in [1.54, 1.807) is 30.3 Å². The molecule has 124 valence electrons. The first-order chi connectivity index (χ1) is 12.1. The van der Waals surface area contributed by atoms with E-state index in [9.17, 15) is 9.18 Å². The average molecular weight is 335 g/mol. The van der Waals surface area contributed by atoms with Crippen LogP contribution < -0.4 is 0 Å². The number of rotatable bonds is 2.